The number of nitrogens with one attached hydrogen (secondary N) is 2. The number of esters is 1. The van der Waals surface area contributed by atoms with E-state index in [-0.39, 0.29) is 4.90 Å². The quantitative estimate of drug-likeness (QED) is 0.643. The van der Waals surface area contributed by atoms with E-state index in [1.54, 1.807) is 6.92 Å². The number of rotatable bonds is 7. The van der Waals surface area contributed by atoms with Crippen LogP contribution in [0, 0.1) is 0 Å². The third kappa shape index (κ3) is 5.57. The average Bonchev–Trinajstić information content (AvgIpc) is 2.86. The Morgan fingerprint density at radius 1 is 1.19 bits per heavy atom. The Balaban J connectivity index is 2.05. The summed E-state index contributed by atoms with van der Waals surface area (Å²) in [7, 11) is -4.00. The minimum atomic E-state index is -4.00. The molecule has 0 bridgehead atoms. The van der Waals surface area contributed by atoms with Gasteiger partial charge >= 0.3 is 5.97 Å². The van der Waals surface area contributed by atoms with Gasteiger partial charge in [-0.25, -0.2) is 8.42 Å². The van der Waals surface area contributed by atoms with Gasteiger partial charge in [0.15, 0.2) is 17.6 Å². The lowest BCUT2D eigenvalue weighted by molar-refractivity contribution is -0.156. The number of ether oxygens (including phenoxy) is 3. The summed E-state index contributed by atoms with van der Waals surface area (Å²) in [5.74, 6) is -0.513. The van der Waals surface area contributed by atoms with Gasteiger partial charge in [-0.3, -0.25) is 9.59 Å². The van der Waals surface area contributed by atoms with Crippen LogP contribution in [-0.2, 0) is 24.3 Å². The molecular formula is C17H24N2O7S. The molecule has 10 heteroatoms. The van der Waals surface area contributed by atoms with Crippen LogP contribution in [0.25, 0.3) is 0 Å². The number of carbonyl (C=O) groups is 2. The van der Waals surface area contributed by atoms with Gasteiger partial charge in [0.1, 0.15) is 6.04 Å². The summed E-state index contributed by atoms with van der Waals surface area (Å²) in [6.45, 7) is 5.79. The lowest BCUT2D eigenvalue weighted by Crippen LogP contribution is -2.43. The molecule has 2 rings (SSSR count). The molecule has 0 aromatic heterocycles. The van der Waals surface area contributed by atoms with Crippen molar-refractivity contribution in [3.63, 3.8) is 0 Å². The second-order valence-corrected chi connectivity index (χ2v) is 7.69. The fraction of sp³-hybridized carbons (Fsp3) is 0.529. The summed E-state index contributed by atoms with van der Waals surface area (Å²) in [6, 6.07) is 3.04. The number of fused-ring (bicyclic) bond motifs is 1. The molecule has 1 aromatic rings. The van der Waals surface area contributed by atoms with Crippen molar-refractivity contribution in [2.45, 2.75) is 44.2 Å². The van der Waals surface area contributed by atoms with E-state index in [2.05, 4.69) is 10.0 Å². The van der Waals surface area contributed by atoms with Crippen molar-refractivity contribution in [2.75, 3.05) is 19.8 Å². The van der Waals surface area contributed by atoms with Crippen LogP contribution >= 0.6 is 0 Å². The Hall–Kier alpha value is -2.33. The Bertz CT molecular complexity index is 794. The summed E-state index contributed by atoms with van der Waals surface area (Å²) in [5.41, 5.74) is 0. The van der Waals surface area contributed by atoms with Crippen LogP contribution in [0.3, 0.4) is 0 Å². The molecule has 1 amide bonds. The summed E-state index contributed by atoms with van der Waals surface area (Å²) < 4.78 is 43.3. The van der Waals surface area contributed by atoms with Crippen LogP contribution in [0.2, 0.25) is 0 Å². The van der Waals surface area contributed by atoms with E-state index >= 15 is 0 Å². The fourth-order valence-corrected chi connectivity index (χ4v) is 3.51. The molecule has 9 nitrogen and oxygen atoms in total. The summed E-state index contributed by atoms with van der Waals surface area (Å²) in [5, 5.41) is 2.52. The second kappa shape index (κ2) is 9.05. The van der Waals surface area contributed by atoms with Gasteiger partial charge in [-0.2, -0.15) is 4.72 Å². The number of benzene rings is 1. The molecule has 0 aliphatic carbocycles. The average molecular weight is 400 g/mol. The first-order valence-electron chi connectivity index (χ1n) is 8.64. The van der Waals surface area contributed by atoms with Gasteiger partial charge in [0.25, 0.3) is 5.91 Å². The molecule has 0 spiro atoms. The van der Waals surface area contributed by atoms with Crippen LogP contribution in [0.5, 0.6) is 11.5 Å². The summed E-state index contributed by atoms with van der Waals surface area (Å²) in [4.78, 5) is 23.6. The van der Waals surface area contributed by atoms with Crippen LogP contribution in [0.1, 0.15) is 27.2 Å². The molecule has 0 saturated heterocycles. The largest absolute Gasteiger partial charge is 0.490 e. The molecule has 0 saturated carbocycles. The molecule has 1 heterocycles. The van der Waals surface area contributed by atoms with Crippen LogP contribution < -0.4 is 19.5 Å². The van der Waals surface area contributed by atoms with E-state index in [1.165, 1.54) is 32.0 Å². The van der Waals surface area contributed by atoms with Crippen molar-refractivity contribution in [2.24, 2.45) is 0 Å². The standard InChI is InChI=1S/C17H24N2O7S/c1-4-18-16(20)12(3)26-17(21)11(2)19-27(22,23)13-6-7-14-15(10-13)25-9-5-8-24-14/h6-7,10-12,19H,4-5,8-9H2,1-3H3,(H,18,20)/t11-,12-/m0/s1. The maximum absolute atomic E-state index is 12.5. The maximum Gasteiger partial charge on any atom is 0.324 e. The smallest absolute Gasteiger partial charge is 0.324 e. The highest BCUT2D eigenvalue weighted by molar-refractivity contribution is 7.89. The highest BCUT2D eigenvalue weighted by Gasteiger charge is 2.27. The van der Waals surface area contributed by atoms with Crippen LogP contribution in [0.15, 0.2) is 23.1 Å². The van der Waals surface area contributed by atoms with E-state index in [9.17, 15) is 18.0 Å². The van der Waals surface area contributed by atoms with Crippen molar-refractivity contribution in [1.29, 1.82) is 0 Å². The first kappa shape index (κ1) is 21.0. The lowest BCUT2D eigenvalue weighted by Gasteiger charge is -2.17. The number of carbonyl (C=O) groups excluding carboxylic acids is 2. The molecule has 2 N–H and O–H groups in total. The fourth-order valence-electron chi connectivity index (χ4n) is 2.31. The number of hydrogen-bond donors (Lipinski definition) is 2. The zero-order valence-electron chi connectivity index (χ0n) is 15.5. The Morgan fingerprint density at radius 2 is 1.85 bits per heavy atom. The van der Waals surface area contributed by atoms with Gasteiger partial charge < -0.3 is 19.5 Å². The topological polar surface area (TPSA) is 120 Å². The highest BCUT2D eigenvalue weighted by Crippen LogP contribution is 2.31. The first-order valence-corrected chi connectivity index (χ1v) is 10.1. The normalized spacial score (nSPS) is 16.0. The zero-order valence-corrected chi connectivity index (χ0v) is 16.3. The van der Waals surface area contributed by atoms with E-state index in [4.69, 9.17) is 14.2 Å². The van der Waals surface area contributed by atoms with Gasteiger partial charge in [0.05, 0.1) is 18.1 Å². The number of likely N-dealkylation sites (N-methyl/N-ethyl adjacent to an activating group) is 1. The molecule has 2 atom stereocenters. The SMILES string of the molecule is CCNC(=O)[C@H](C)OC(=O)[C@H](C)NS(=O)(=O)c1ccc2c(c1)OCCCO2. The van der Waals surface area contributed by atoms with E-state index in [1.807, 2.05) is 0 Å². The number of hydrogen-bond acceptors (Lipinski definition) is 7. The Morgan fingerprint density at radius 3 is 2.52 bits per heavy atom. The van der Waals surface area contributed by atoms with Gasteiger partial charge in [0, 0.05) is 19.0 Å². The van der Waals surface area contributed by atoms with Gasteiger partial charge in [-0.15, -0.1) is 0 Å². The Kier molecular flexibility index (Phi) is 7.03. The molecule has 1 aromatic carbocycles. The maximum atomic E-state index is 12.5. The molecule has 0 fully saturated rings. The first-order chi connectivity index (χ1) is 12.7. The predicted molar refractivity (Wildman–Crippen MR) is 96.1 cm³/mol. The van der Waals surface area contributed by atoms with Crippen LogP contribution in [0.4, 0.5) is 0 Å². The van der Waals surface area contributed by atoms with Crippen molar-refractivity contribution < 1.29 is 32.2 Å². The molecule has 0 unspecified atom stereocenters. The summed E-state index contributed by atoms with van der Waals surface area (Å²) in [6.07, 6.45) is -0.329. The minimum absolute atomic E-state index is 0.0665. The van der Waals surface area contributed by atoms with Crippen LogP contribution in [-0.4, -0.2) is 52.2 Å². The zero-order chi connectivity index (χ0) is 20.0. The molecule has 27 heavy (non-hydrogen) atoms. The number of sulfonamides is 1. The molecule has 1 aliphatic rings. The molecule has 1 aliphatic heterocycles. The van der Waals surface area contributed by atoms with Crippen molar-refractivity contribution in [1.82, 2.24) is 10.0 Å². The Labute approximate surface area is 158 Å². The molecular weight excluding hydrogens is 376 g/mol. The molecule has 0 radical (unpaired) electrons. The number of amides is 1. The highest BCUT2D eigenvalue weighted by atomic mass is 32.2. The van der Waals surface area contributed by atoms with E-state index in [0.29, 0.717) is 37.7 Å². The van der Waals surface area contributed by atoms with Crippen molar-refractivity contribution in [3.05, 3.63) is 18.2 Å². The monoisotopic (exact) mass is 400 g/mol. The third-order valence-corrected chi connectivity index (χ3v) is 5.27. The predicted octanol–water partition coefficient (Wildman–Crippen LogP) is 0.583. The van der Waals surface area contributed by atoms with Crippen molar-refractivity contribution in [3.8, 4) is 11.5 Å². The van der Waals surface area contributed by atoms with Gasteiger partial charge in [-0.1, -0.05) is 0 Å². The van der Waals surface area contributed by atoms with E-state index < -0.39 is 34.0 Å². The second-order valence-electron chi connectivity index (χ2n) is 5.98. The molecule has 150 valence electrons. The van der Waals surface area contributed by atoms with Gasteiger partial charge in [-0.05, 0) is 32.9 Å². The minimum Gasteiger partial charge on any atom is -0.490 e. The third-order valence-electron chi connectivity index (χ3n) is 3.73. The summed E-state index contributed by atoms with van der Waals surface area (Å²) >= 11 is 0. The van der Waals surface area contributed by atoms with Crippen molar-refractivity contribution >= 4 is 21.9 Å². The van der Waals surface area contributed by atoms with Gasteiger partial charge in [0.2, 0.25) is 10.0 Å². The lowest BCUT2D eigenvalue weighted by atomic mass is 10.3. The van der Waals surface area contributed by atoms with E-state index in [0.717, 1.165) is 0 Å².